The molecule has 1 saturated heterocycles. The van der Waals surface area contributed by atoms with Gasteiger partial charge < -0.3 is 19.5 Å². The van der Waals surface area contributed by atoms with Gasteiger partial charge in [0.25, 0.3) is 0 Å². The van der Waals surface area contributed by atoms with Crippen molar-refractivity contribution in [2.24, 2.45) is 0 Å². The number of nitrogens with zero attached hydrogens (tertiary/aromatic N) is 2. The average molecular weight is 381 g/mol. The van der Waals surface area contributed by atoms with Gasteiger partial charge in [0, 0.05) is 37.8 Å². The van der Waals surface area contributed by atoms with Crippen LogP contribution in [0.5, 0.6) is 17.2 Å². The third kappa shape index (κ3) is 4.75. The third-order valence-corrected chi connectivity index (χ3v) is 4.99. The Morgan fingerprint density at radius 1 is 1.04 bits per heavy atom. The molecule has 0 spiro atoms. The molecule has 1 aliphatic heterocycles. The highest BCUT2D eigenvalue weighted by molar-refractivity contribution is 5.52. The predicted molar refractivity (Wildman–Crippen MR) is 108 cm³/mol. The first-order chi connectivity index (χ1) is 13.8. The molecule has 0 amide bonds. The van der Waals surface area contributed by atoms with Gasteiger partial charge in [0.15, 0.2) is 11.5 Å². The maximum Gasteiger partial charge on any atom is 0.164 e. The Labute approximate surface area is 166 Å². The lowest BCUT2D eigenvalue weighted by molar-refractivity contribution is 0.170. The molecule has 0 aliphatic carbocycles. The summed E-state index contributed by atoms with van der Waals surface area (Å²) < 4.78 is 17.2. The Hall–Kier alpha value is -2.75. The standard InChI is InChI=1S/C22H27N3O3/c1-26-21-14-18(19(8-9-23)25-12-10-24-11-13-25)20(15-22(21)27-2)28-16-17-6-4-3-5-7-17/h3-7,14-15,19,24H,8,10-13,16H2,1-2H3/t19-/m0/s1. The van der Waals surface area contributed by atoms with Crippen molar-refractivity contribution in [1.82, 2.24) is 10.2 Å². The summed E-state index contributed by atoms with van der Waals surface area (Å²) in [5, 5.41) is 12.8. The molecule has 3 rings (SSSR count). The lowest BCUT2D eigenvalue weighted by Gasteiger charge is -2.35. The molecule has 1 heterocycles. The molecule has 0 unspecified atom stereocenters. The number of methoxy groups -OCH3 is 2. The van der Waals surface area contributed by atoms with Crippen LogP contribution in [0, 0.1) is 11.3 Å². The molecule has 2 aromatic carbocycles. The Balaban J connectivity index is 1.96. The molecular weight excluding hydrogens is 354 g/mol. The number of ether oxygens (including phenoxy) is 3. The van der Waals surface area contributed by atoms with Gasteiger partial charge in [-0.3, -0.25) is 4.90 Å². The highest BCUT2D eigenvalue weighted by atomic mass is 16.5. The summed E-state index contributed by atoms with van der Waals surface area (Å²) in [5.41, 5.74) is 2.04. The predicted octanol–water partition coefficient (Wildman–Crippen LogP) is 3.14. The Bertz CT molecular complexity index is 799. The van der Waals surface area contributed by atoms with Crippen LogP contribution in [0.4, 0.5) is 0 Å². The largest absolute Gasteiger partial charge is 0.493 e. The first-order valence-corrected chi connectivity index (χ1v) is 9.51. The van der Waals surface area contributed by atoms with Crippen LogP contribution in [-0.4, -0.2) is 45.3 Å². The number of benzene rings is 2. The van der Waals surface area contributed by atoms with Crippen molar-refractivity contribution in [3.05, 3.63) is 53.6 Å². The number of nitriles is 1. The zero-order valence-electron chi connectivity index (χ0n) is 16.5. The SMILES string of the molecule is COc1cc(OCc2ccccc2)c([C@H](CC#N)N2CCNCC2)cc1OC. The fourth-order valence-electron chi connectivity index (χ4n) is 3.51. The van der Waals surface area contributed by atoms with Crippen LogP contribution >= 0.6 is 0 Å². The number of rotatable bonds is 8. The van der Waals surface area contributed by atoms with Crippen molar-refractivity contribution in [2.45, 2.75) is 19.1 Å². The molecule has 0 radical (unpaired) electrons. The quantitative estimate of drug-likeness (QED) is 0.758. The molecule has 28 heavy (non-hydrogen) atoms. The van der Waals surface area contributed by atoms with Crippen molar-refractivity contribution in [3.63, 3.8) is 0 Å². The van der Waals surface area contributed by atoms with Crippen molar-refractivity contribution in [3.8, 4) is 23.3 Å². The van der Waals surface area contributed by atoms with Crippen LogP contribution in [0.1, 0.15) is 23.6 Å². The van der Waals surface area contributed by atoms with Crippen LogP contribution < -0.4 is 19.5 Å². The second-order valence-corrected chi connectivity index (χ2v) is 6.68. The Morgan fingerprint density at radius 2 is 1.71 bits per heavy atom. The minimum Gasteiger partial charge on any atom is -0.493 e. The van der Waals surface area contributed by atoms with E-state index in [-0.39, 0.29) is 6.04 Å². The minimum atomic E-state index is -0.0577. The van der Waals surface area contributed by atoms with Gasteiger partial charge in [-0.15, -0.1) is 0 Å². The third-order valence-electron chi connectivity index (χ3n) is 4.99. The summed E-state index contributed by atoms with van der Waals surface area (Å²) in [6.45, 7) is 4.05. The fourth-order valence-corrected chi connectivity index (χ4v) is 3.51. The first-order valence-electron chi connectivity index (χ1n) is 9.51. The van der Waals surface area contributed by atoms with Crippen LogP contribution in [0.25, 0.3) is 0 Å². The second kappa shape index (κ2) is 9.98. The normalized spacial score (nSPS) is 15.5. The number of nitrogens with one attached hydrogen (secondary N) is 1. The van der Waals surface area contributed by atoms with E-state index in [2.05, 4.69) is 16.3 Å². The number of piperazine rings is 1. The molecule has 1 atom stereocenters. The molecule has 1 fully saturated rings. The highest BCUT2D eigenvalue weighted by Crippen LogP contribution is 2.40. The van der Waals surface area contributed by atoms with Gasteiger partial charge in [-0.2, -0.15) is 5.26 Å². The molecule has 6 heteroatoms. The van der Waals surface area contributed by atoms with E-state index < -0.39 is 0 Å². The minimum absolute atomic E-state index is 0.0577. The van der Waals surface area contributed by atoms with Crippen molar-refractivity contribution >= 4 is 0 Å². The Kier molecular flexibility index (Phi) is 7.12. The maximum absolute atomic E-state index is 9.47. The van der Waals surface area contributed by atoms with Gasteiger partial charge >= 0.3 is 0 Å². The highest BCUT2D eigenvalue weighted by Gasteiger charge is 2.27. The van der Waals surface area contributed by atoms with E-state index in [1.807, 2.05) is 42.5 Å². The molecule has 0 bridgehead atoms. The molecule has 0 saturated carbocycles. The lowest BCUT2D eigenvalue weighted by atomic mass is 9.99. The van der Waals surface area contributed by atoms with Crippen molar-refractivity contribution in [2.75, 3.05) is 40.4 Å². The van der Waals surface area contributed by atoms with Crippen LogP contribution in [0.3, 0.4) is 0 Å². The lowest BCUT2D eigenvalue weighted by Crippen LogP contribution is -2.45. The molecule has 6 nitrogen and oxygen atoms in total. The van der Waals surface area contributed by atoms with Gasteiger partial charge in [-0.25, -0.2) is 0 Å². The van der Waals surface area contributed by atoms with Crippen LogP contribution in [0.15, 0.2) is 42.5 Å². The number of hydrogen-bond donors (Lipinski definition) is 1. The van der Waals surface area contributed by atoms with E-state index in [1.54, 1.807) is 14.2 Å². The molecule has 2 aromatic rings. The summed E-state index contributed by atoms with van der Waals surface area (Å²) in [7, 11) is 3.23. The molecule has 1 N–H and O–H groups in total. The molecular formula is C22H27N3O3. The van der Waals surface area contributed by atoms with E-state index in [4.69, 9.17) is 14.2 Å². The van der Waals surface area contributed by atoms with Gasteiger partial charge in [-0.1, -0.05) is 30.3 Å². The summed E-state index contributed by atoms with van der Waals surface area (Å²) in [6.07, 6.45) is 0.386. The average Bonchev–Trinajstić information content (AvgIpc) is 2.77. The monoisotopic (exact) mass is 381 g/mol. The summed E-state index contributed by atoms with van der Waals surface area (Å²) in [5.74, 6) is 1.98. The summed E-state index contributed by atoms with van der Waals surface area (Å²) >= 11 is 0. The number of hydrogen-bond acceptors (Lipinski definition) is 6. The van der Waals surface area contributed by atoms with Gasteiger partial charge in [0.1, 0.15) is 12.4 Å². The van der Waals surface area contributed by atoms with E-state index in [1.165, 1.54) is 0 Å². The van der Waals surface area contributed by atoms with Crippen molar-refractivity contribution in [1.29, 1.82) is 5.26 Å². The van der Waals surface area contributed by atoms with Gasteiger partial charge in [0.2, 0.25) is 0 Å². The molecule has 0 aromatic heterocycles. The van der Waals surface area contributed by atoms with E-state index in [9.17, 15) is 5.26 Å². The van der Waals surface area contributed by atoms with E-state index in [0.717, 1.165) is 43.1 Å². The van der Waals surface area contributed by atoms with E-state index in [0.29, 0.717) is 24.5 Å². The second-order valence-electron chi connectivity index (χ2n) is 6.68. The zero-order chi connectivity index (χ0) is 19.8. The molecule has 1 aliphatic rings. The van der Waals surface area contributed by atoms with Gasteiger partial charge in [0.05, 0.1) is 32.8 Å². The topological polar surface area (TPSA) is 66.8 Å². The van der Waals surface area contributed by atoms with E-state index >= 15 is 0 Å². The summed E-state index contributed by atoms with van der Waals surface area (Å²) in [4.78, 5) is 2.33. The smallest absolute Gasteiger partial charge is 0.164 e. The maximum atomic E-state index is 9.47. The zero-order valence-corrected chi connectivity index (χ0v) is 16.5. The first kappa shape index (κ1) is 20.0. The van der Waals surface area contributed by atoms with Gasteiger partial charge in [-0.05, 0) is 11.6 Å². The van der Waals surface area contributed by atoms with Crippen molar-refractivity contribution < 1.29 is 14.2 Å². The fraction of sp³-hybridized carbons (Fsp3) is 0.409. The Morgan fingerprint density at radius 3 is 2.36 bits per heavy atom. The molecule has 148 valence electrons. The van der Waals surface area contributed by atoms with Crippen LogP contribution in [0.2, 0.25) is 0 Å². The van der Waals surface area contributed by atoms with Crippen LogP contribution in [-0.2, 0) is 6.61 Å². The summed E-state index contributed by atoms with van der Waals surface area (Å²) in [6, 6.07) is 16.1.